The van der Waals surface area contributed by atoms with E-state index in [1.165, 1.54) is 18.3 Å². The molecule has 0 aliphatic carbocycles. The van der Waals surface area contributed by atoms with E-state index in [0.29, 0.717) is 0 Å². The summed E-state index contributed by atoms with van der Waals surface area (Å²) in [6.45, 7) is 3.48. The summed E-state index contributed by atoms with van der Waals surface area (Å²) in [4.78, 5) is 23.1. The summed E-state index contributed by atoms with van der Waals surface area (Å²) < 4.78 is 15.0. The standard InChI is InChI=1S/C14H12ClFN2O3/c1-7(2)9-6-18(17-12(13(9)19)14(20)21)11-4-3-8(15)5-10(11)16/h3-7H,1-2H3,(H,20,21). The van der Waals surface area contributed by atoms with Crippen molar-refractivity contribution in [1.82, 2.24) is 9.78 Å². The van der Waals surface area contributed by atoms with Crippen LogP contribution >= 0.6 is 11.6 Å². The average Bonchev–Trinajstić information content (AvgIpc) is 2.38. The van der Waals surface area contributed by atoms with Crippen LogP contribution in [0.2, 0.25) is 5.02 Å². The molecule has 0 amide bonds. The number of carboxylic acid groups (broad SMARTS) is 1. The molecule has 0 fully saturated rings. The molecular formula is C14H12ClFN2O3. The van der Waals surface area contributed by atoms with Crippen molar-refractivity contribution < 1.29 is 14.3 Å². The molecule has 0 spiro atoms. The first-order valence-corrected chi connectivity index (χ1v) is 6.51. The Morgan fingerprint density at radius 1 is 1.43 bits per heavy atom. The molecule has 2 rings (SSSR count). The molecule has 0 radical (unpaired) electrons. The van der Waals surface area contributed by atoms with Crippen molar-refractivity contribution in [3.05, 3.63) is 56.7 Å². The van der Waals surface area contributed by atoms with Gasteiger partial charge in [-0.25, -0.2) is 13.9 Å². The number of aromatic carboxylic acids is 1. The van der Waals surface area contributed by atoms with Crippen molar-refractivity contribution in [3.63, 3.8) is 0 Å². The maximum atomic E-state index is 13.9. The van der Waals surface area contributed by atoms with E-state index < -0.39 is 22.9 Å². The highest BCUT2D eigenvalue weighted by molar-refractivity contribution is 6.30. The van der Waals surface area contributed by atoms with E-state index in [9.17, 15) is 14.0 Å². The van der Waals surface area contributed by atoms with Crippen LogP contribution < -0.4 is 5.43 Å². The summed E-state index contributed by atoms with van der Waals surface area (Å²) in [5.74, 6) is -2.34. The number of hydrogen-bond donors (Lipinski definition) is 1. The van der Waals surface area contributed by atoms with Crippen LogP contribution in [-0.2, 0) is 0 Å². The Kier molecular flexibility index (Phi) is 4.09. The van der Waals surface area contributed by atoms with Crippen molar-refractivity contribution in [3.8, 4) is 5.69 Å². The first-order valence-electron chi connectivity index (χ1n) is 6.14. The number of rotatable bonds is 3. The van der Waals surface area contributed by atoms with Crippen LogP contribution in [0.15, 0.2) is 29.2 Å². The van der Waals surface area contributed by atoms with E-state index in [-0.39, 0.29) is 22.2 Å². The van der Waals surface area contributed by atoms with Gasteiger partial charge in [-0.05, 0) is 24.1 Å². The molecule has 0 saturated carbocycles. The summed E-state index contributed by atoms with van der Waals surface area (Å²) in [6, 6.07) is 3.91. The van der Waals surface area contributed by atoms with E-state index in [4.69, 9.17) is 16.7 Å². The number of aromatic nitrogens is 2. The maximum absolute atomic E-state index is 13.9. The smallest absolute Gasteiger partial charge is 0.360 e. The lowest BCUT2D eigenvalue weighted by atomic mass is 10.0. The lowest BCUT2D eigenvalue weighted by Gasteiger charge is -2.12. The van der Waals surface area contributed by atoms with Gasteiger partial charge in [0.1, 0.15) is 11.5 Å². The van der Waals surface area contributed by atoms with Crippen molar-refractivity contribution in [2.45, 2.75) is 19.8 Å². The van der Waals surface area contributed by atoms with Gasteiger partial charge in [-0.1, -0.05) is 25.4 Å². The Morgan fingerprint density at radius 2 is 2.10 bits per heavy atom. The fourth-order valence-electron chi connectivity index (χ4n) is 1.85. The highest BCUT2D eigenvalue weighted by Crippen LogP contribution is 2.19. The molecule has 1 aromatic heterocycles. The molecule has 1 aromatic carbocycles. The van der Waals surface area contributed by atoms with Crippen molar-refractivity contribution in [1.29, 1.82) is 0 Å². The lowest BCUT2D eigenvalue weighted by molar-refractivity contribution is 0.0686. The number of carboxylic acids is 1. The first kappa shape index (κ1) is 15.2. The van der Waals surface area contributed by atoms with Crippen LogP contribution in [0.5, 0.6) is 0 Å². The van der Waals surface area contributed by atoms with Gasteiger partial charge in [0.05, 0.1) is 0 Å². The van der Waals surface area contributed by atoms with E-state index >= 15 is 0 Å². The monoisotopic (exact) mass is 310 g/mol. The van der Waals surface area contributed by atoms with Gasteiger partial charge in [0, 0.05) is 16.8 Å². The molecule has 0 bridgehead atoms. The van der Waals surface area contributed by atoms with Crippen molar-refractivity contribution >= 4 is 17.6 Å². The van der Waals surface area contributed by atoms with Crippen LogP contribution in [0.1, 0.15) is 35.8 Å². The molecule has 0 saturated heterocycles. The highest BCUT2D eigenvalue weighted by Gasteiger charge is 2.19. The van der Waals surface area contributed by atoms with E-state index in [2.05, 4.69) is 5.10 Å². The van der Waals surface area contributed by atoms with Gasteiger partial charge < -0.3 is 5.11 Å². The third-order valence-corrected chi connectivity index (χ3v) is 3.16. The molecule has 7 heteroatoms. The van der Waals surface area contributed by atoms with Crippen LogP contribution in [0.3, 0.4) is 0 Å². The second-order valence-corrected chi connectivity index (χ2v) is 5.20. The highest BCUT2D eigenvalue weighted by atomic mass is 35.5. The average molecular weight is 311 g/mol. The third kappa shape index (κ3) is 2.95. The molecule has 0 aliphatic heterocycles. The SMILES string of the molecule is CC(C)c1cn(-c2ccc(Cl)cc2F)nc(C(=O)O)c1=O. The first-order chi connectivity index (χ1) is 9.81. The van der Waals surface area contributed by atoms with E-state index in [1.54, 1.807) is 13.8 Å². The van der Waals surface area contributed by atoms with E-state index in [0.717, 1.165) is 10.7 Å². The zero-order valence-corrected chi connectivity index (χ0v) is 12.1. The van der Waals surface area contributed by atoms with Crippen LogP contribution in [0.4, 0.5) is 4.39 Å². The number of halogens is 2. The van der Waals surface area contributed by atoms with Gasteiger partial charge in [0.2, 0.25) is 11.1 Å². The Labute approximate surface area is 124 Å². The molecule has 1 N–H and O–H groups in total. The van der Waals surface area contributed by atoms with Crippen LogP contribution in [0.25, 0.3) is 5.69 Å². The molecule has 1 heterocycles. The minimum Gasteiger partial charge on any atom is -0.476 e. The maximum Gasteiger partial charge on any atom is 0.360 e. The topological polar surface area (TPSA) is 72.2 Å². The molecular weight excluding hydrogens is 299 g/mol. The van der Waals surface area contributed by atoms with Gasteiger partial charge in [-0.15, -0.1) is 0 Å². The van der Waals surface area contributed by atoms with Crippen molar-refractivity contribution in [2.24, 2.45) is 0 Å². The Balaban J connectivity index is 2.75. The molecule has 0 unspecified atom stereocenters. The zero-order valence-electron chi connectivity index (χ0n) is 11.3. The predicted octanol–water partition coefficient (Wildman–Crippen LogP) is 2.85. The predicted molar refractivity (Wildman–Crippen MR) is 75.9 cm³/mol. The number of nitrogens with zero attached hydrogens (tertiary/aromatic N) is 2. The summed E-state index contributed by atoms with van der Waals surface area (Å²) >= 11 is 5.68. The largest absolute Gasteiger partial charge is 0.476 e. The summed E-state index contributed by atoms with van der Waals surface area (Å²) in [5.41, 5.74) is -1.04. The molecule has 2 aromatic rings. The minimum absolute atomic E-state index is 0.0174. The number of hydrogen-bond acceptors (Lipinski definition) is 3. The van der Waals surface area contributed by atoms with Gasteiger partial charge >= 0.3 is 5.97 Å². The fourth-order valence-corrected chi connectivity index (χ4v) is 2.01. The Bertz CT molecular complexity index is 771. The van der Waals surface area contributed by atoms with Crippen molar-refractivity contribution in [2.75, 3.05) is 0 Å². The molecule has 110 valence electrons. The summed E-state index contributed by atoms with van der Waals surface area (Å²) in [7, 11) is 0. The molecule has 0 aliphatic rings. The van der Waals surface area contributed by atoms with Gasteiger partial charge in [0.15, 0.2) is 0 Å². The Hall–Kier alpha value is -2.21. The fraction of sp³-hybridized carbons (Fsp3) is 0.214. The zero-order chi connectivity index (χ0) is 15.7. The number of benzene rings is 1. The Morgan fingerprint density at radius 3 is 2.62 bits per heavy atom. The second kappa shape index (κ2) is 5.65. The quantitative estimate of drug-likeness (QED) is 0.946. The lowest BCUT2D eigenvalue weighted by Crippen LogP contribution is -2.25. The van der Waals surface area contributed by atoms with E-state index in [1.807, 2.05) is 0 Å². The van der Waals surface area contributed by atoms with Gasteiger partial charge in [-0.2, -0.15) is 5.10 Å². The molecule has 21 heavy (non-hydrogen) atoms. The van der Waals surface area contributed by atoms with Gasteiger partial charge in [0.25, 0.3) is 0 Å². The molecule has 0 atom stereocenters. The minimum atomic E-state index is -1.45. The summed E-state index contributed by atoms with van der Waals surface area (Å²) in [5, 5.41) is 13.0. The summed E-state index contributed by atoms with van der Waals surface area (Å²) in [6.07, 6.45) is 1.34. The molecule has 5 nitrogen and oxygen atoms in total. The number of carbonyl (C=O) groups is 1. The second-order valence-electron chi connectivity index (χ2n) is 4.76. The van der Waals surface area contributed by atoms with Gasteiger partial charge in [-0.3, -0.25) is 4.79 Å². The van der Waals surface area contributed by atoms with Crippen LogP contribution in [-0.4, -0.2) is 20.9 Å². The normalized spacial score (nSPS) is 10.9. The van der Waals surface area contributed by atoms with Crippen LogP contribution in [0, 0.1) is 5.82 Å². The third-order valence-electron chi connectivity index (χ3n) is 2.93.